The van der Waals surface area contributed by atoms with E-state index in [2.05, 4.69) is 127 Å². The molecular formula is C33H23P. The standard InChI is InChI=1S/C33H23P/c1-4-12-27(13-5-1)20-22-29-24-30(23-21-28-14-10-11-15-28)26-33(25-29)34(31-16-6-2-7-17-31)32-18-8-3-9-19-32/h1-19,24-26,28H. The molecule has 1 aliphatic carbocycles. The Kier molecular flexibility index (Phi) is 6.83. The normalized spacial score (nSPS) is 12.1. The molecule has 0 aliphatic heterocycles. The van der Waals surface area contributed by atoms with Gasteiger partial charge in [-0.05, 0) is 54.2 Å². The molecule has 0 radical (unpaired) electrons. The van der Waals surface area contributed by atoms with Gasteiger partial charge in [-0.3, -0.25) is 0 Å². The van der Waals surface area contributed by atoms with Crippen molar-refractivity contribution in [1.29, 1.82) is 0 Å². The Hall–Kier alpha value is -4.09. The first-order valence-corrected chi connectivity index (χ1v) is 12.7. The van der Waals surface area contributed by atoms with E-state index in [4.69, 9.17) is 0 Å². The van der Waals surface area contributed by atoms with E-state index >= 15 is 0 Å². The average molecular weight is 451 g/mol. The van der Waals surface area contributed by atoms with Crippen molar-refractivity contribution >= 4 is 23.8 Å². The first-order chi connectivity index (χ1) is 16.8. The van der Waals surface area contributed by atoms with Gasteiger partial charge in [0.25, 0.3) is 0 Å². The first-order valence-electron chi connectivity index (χ1n) is 11.3. The van der Waals surface area contributed by atoms with Crippen LogP contribution in [0.25, 0.3) is 0 Å². The lowest BCUT2D eigenvalue weighted by atomic mass is 10.1. The molecule has 1 heteroatoms. The largest absolute Gasteiger partial charge is 0.0861 e. The van der Waals surface area contributed by atoms with Crippen LogP contribution in [0.2, 0.25) is 0 Å². The van der Waals surface area contributed by atoms with Crippen molar-refractivity contribution in [2.45, 2.75) is 0 Å². The van der Waals surface area contributed by atoms with Crippen molar-refractivity contribution < 1.29 is 0 Å². The fourth-order valence-electron chi connectivity index (χ4n) is 3.85. The summed E-state index contributed by atoms with van der Waals surface area (Å²) in [6.07, 6.45) is 8.34. The predicted octanol–water partition coefficient (Wildman–Crippen LogP) is 5.94. The molecule has 4 aromatic rings. The summed E-state index contributed by atoms with van der Waals surface area (Å²) in [6.45, 7) is 0. The molecule has 5 rings (SSSR count). The van der Waals surface area contributed by atoms with Gasteiger partial charge in [0, 0.05) is 16.7 Å². The van der Waals surface area contributed by atoms with Crippen LogP contribution in [0.5, 0.6) is 0 Å². The van der Waals surface area contributed by atoms with E-state index in [1.165, 1.54) is 15.9 Å². The molecule has 0 N–H and O–H groups in total. The second-order valence-corrected chi connectivity index (χ2v) is 10.2. The highest BCUT2D eigenvalue weighted by Crippen LogP contribution is 2.33. The van der Waals surface area contributed by atoms with E-state index in [0.29, 0.717) is 0 Å². The topological polar surface area (TPSA) is 0 Å². The van der Waals surface area contributed by atoms with E-state index in [9.17, 15) is 0 Å². The highest BCUT2D eigenvalue weighted by atomic mass is 31.1. The predicted molar refractivity (Wildman–Crippen MR) is 146 cm³/mol. The van der Waals surface area contributed by atoms with Crippen molar-refractivity contribution in [3.8, 4) is 23.7 Å². The van der Waals surface area contributed by atoms with Crippen molar-refractivity contribution in [2.75, 3.05) is 0 Å². The number of hydrogen-bond donors (Lipinski definition) is 0. The van der Waals surface area contributed by atoms with Gasteiger partial charge >= 0.3 is 0 Å². The molecule has 34 heavy (non-hydrogen) atoms. The van der Waals surface area contributed by atoms with Gasteiger partial charge in [0.15, 0.2) is 0 Å². The van der Waals surface area contributed by atoms with Crippen LogP contribution in [0.4, 0.5) is 0 Å². The molecule has 0 spiro atoms. The Bertz CT molecular complexity index is 1390. The molecule has 0 heterocycles. The lowest BCUT2D eigenvalue weighted by Crippen LogP contribution is -2.21. The minimum Gasteiger partial charge on any atom is -0.0861 e. The average Bonchev–Trinajstić information content (AvgIpc) is 3.42. The van der Waals surface area contributed by atoms with Crippen molar-refractivity contribution in [2.24, 2.45) is 5.92 Å². The Morgan fingerprint density at radius 2 is 0.971 bits per heavy atom. The smallest absolute Gasteiger partial charge is 0.0573 e. The number of rotatable bonds is 3. The van der Waals surface area contributed by atoms with E-state index in [1.807, 2.05) is 30.3 Å². The number of hydrogen-bond acceptors (Lipinski definition) is 0. The zero-order valence-corrected chi connectivity index (χ0v) is 19.6. The van der Waals surface area contributed by atoms with E-state index in [-0.39, 0.29) is 5.92 Å². The molecule has 0 fully saturated rings. The van der Waals surface area contributed by atoms with Gasteiger partial charge in [0.05, 0.1) is 5.92 Å². The highest BCUT2D eigenvalue weighted by molar-refractivity contribution is 7.79. The van der Waals surface area contributed by atoms with Crippen molar-refractivity contribution in [3.63, 3.8) is 0 Å². The van der Waals surface area contributed by atoms with Gasteiger partial charge in [-0.15, -0.1) is 0 Å². The van der Waals surface area contributed by atoms with Crippen LogP contribution < -0.4 is 15.9 Å². The Morgan fingerprint density at radius 3 is 1.56 bits per heavy atom. The van der Waals surface area contributed by atoms with Crippen LogP contribution in [-0.4, -0.2) is 0 Å². The van der Waals surface area contributed by atoms with Gasteiger partial charge in [-0.2, -0.15) is 0 Å². The summed E-state index contributed by atoms with van der Waals surface area (Å²) in [4.78, 5) is 0. The number of benzene rings is 4. The number of allylic oxidation sites excluding steroid dienone is 4. The summed E-state index contributed by atoms with van der Waals surface area (Å²) < 4.78 is 0. The van der Waals surface area contributed by atoms with Crippen LogP contribution in [0.3, 0.4) is 0 Å². The zero-order valence-electron chi connectivity index (χ0n) is 18.7. The third-order valence-electron chi connectivity index (χ3n) is 5.46. The monoisotopic (exact) mass is 450 g/mol. The van der Waals surface area contributed by atoms with Crippen molar-refractivity contribution in [1.82, 2.24) is 0 Å². The van der Waals surface area contributed by atoms with Crippen LogP contribution in [0.1, 0.15) is 16.7 Å². The third-order valence-corrected chi connectivity index (χ3v) is 7.86. The summed E-state index contributed by atoms with van der Waals surface area (Å²) in [5.74, 6) is 13.7. The van der Waals surface area contributed by atoms with Gasteiger partial charge < -0.3 is 0 Å². The highest BCUT2D eigenvalue weighted by Gasteiger charge is 2.17. The summed E-state index contributed by atoms with van der Waals surface area (Å²) in [7, 11) is -0.728. The van der Waals surface area contributed by atoms with Crippen molar-refractivity contribution in [3.05, 3.63) is 150 Å². The minimum atomic E-state index is -0.728. The quantitative estimate of drug-likeness (QED) is 0.268. The van der Waals surface area contributed by atoms with E-state index < -0.39 is 7.92 Å². The fraction of sp³-hybridized carbons (Fsp3) is 0.0303. The second-order valence-electron chi connectivity index (χ2n) is 7.96. The summed E-state index contributed by atoms with van der Waals surface area (Å²) in [5, 5.41) is 3.89. The maximum absolute atomic E-state index is 3.41. The van der Waals surface area contributed by atoms with Crippen LogP contribution in [-0.2, 0) is 0 Å². The molecule has 0 aromatic heterocycles. The third kappa shape index (κ3) is 5.45. The Balaban J connectivity index is 1.63. The maximum Gasteiger partial charge on any atom is 0.0573 e. The molecule has 0 unspecified atom stereocenters. The van der Waals surface area contributed by atoms with Crippen LogP contribution in [0.15, 0.2) is 133 Å². The van der Waals surface area contributed by atoms with E-state index in [0.717, 1.165) is 16.7 Å². The molecular weight excluding hydrogens is 427 g/mol. The maximum atomic E-state index is 3.41. The molecule has 0 saturated heterocycles. The molecule has 0 atom stereocenters. The first kappa shape index (κ1) is 21.7. The zero-order chi connectivity index (χ0) is 23.0. The van der Waals surface area contributed by atoms with Crippen LogP contribution >= 0.6 is 7.92 Å². The van der Waals surface area contributed by atoms with E-state index in [1.54, 1.807) is 0 Å². The molecule has 0 nitrogen and oxygen atoms in total. The van der Waals surface area contributed by atoms with Gasteiger partial charge in [-0.25, -0.2) is 0 Å². The summed E-state index contributed by atoms with van der Waals surface area (Å²) in [6, 6.07) is 38.2. The summed E-state index contributed by atoms with van der Waals surface area (Å²) >= 11 is 0. The Labute approximate surface area is 203 Å². The molecule has 1 aliphatic rings. The summed E-state index contributed by atoms with van der Waals surface area (Å²) in [5.41, 5.74) is 3.00. The second kappa shape index (κ2) is 10.7. The molecule has 4 aromatic carbocycles. The molecule has 0 amide bonds. The Morgan fingerprint density at radius 1 is 0.471 bits per heavy atom. The lowest BCUT2D eigenvalue weighted by Gasteiger charge is -2.20. The SMILES string of the molecule is C(#Cc1cc(C#CC2C=CC=C2)cc(P(c2ccccc2)c2ccccc2)c1)c1ccccc1. The molecule has 160 valence electrons. The minimum absolute atomic E-state index is 0.173. The lowest BCUT2D eigenvalue weighted by molar-refractivity contribution is 1.15. The van der Waals surface area contributed by atoms with Crippen LogP contribution in [0, 0.1) is 29.6 Å². The molecule has 0 saturated carbocycles. The van der Waals surface area contributed by atoms with Gasteiger partial charge in [0.2, 0.25) is 0 Å². The molecule has 0 bridgehead atoms. The fourth-order valence-corrected chi connectivity index (χ4v) is 6.22. The van der Waals surface area contributed by atoms with Gasteiger partial charge in [0.1, 0.15) is 0 Å². The van der Waals surface area contributed by atoms with Gasteiger partial charge in [-0.1, -0.05) is 127 Å².